The maximum absolute atomic E-state index is 15.7. The maximum Gasteiger partial charge on any atom is 0.409 e. The van der Waals surface area contributed by atoms with Gasteiger partial charge < -0.3 is 38.8 Å². The van der Waals surface area contributed by atoms with E-state index in [1.165, 1.54) is 19.4 Å². The number of imidazole rings is 1. The molecule has 7 rings (SSSR count). The Labute approximate surface area is 233 Å². The highest BCUT2D eigenvalue weighted by molar-refractivity contribution is 6.33. The van der Waals surface area contributed by atoms with Crippen molar-refractivity contribution in [3.05, 3.63) is 28.9 Å². The van der Waals surface area contributed by atoms with Crippen LogP contribution in [0.5, 0.6) is 5.75 Å². The minimum Gasteiger partial charge on any atom is -0.488 e. The Bertz CT molecular complexity index is 1500. The molecule has 2 aromatic heterocycles. The van der Waals surface area contributed by atoms with Crippen LogP contribution in [0.25, 0.3) is 22.3 Å². The number of hydrogen-bond donors (Lipinski definition) is 2. The van der Waals surface area contributed by atoms with Gasteiger partial charge in [0, 0.05) is 24.6 Å². The van der Waals surface area contributed by atoms with Crippen molar-refractivity contribution in [1.82, 2.24) is 24.4 Å². The first kappa shape index (κ1) is 25.7. The molecule has 212 valence electrons. The molecule has 6 atom stereocenters. The van der Waals surface area contributed by atoms with Crippen LogP contribution >= 0.6 is 11.6 Å². The number of carbonyl (C=O) groups excluding carboxylic acids is 1. The van der Waals surface area contributed by atoms with Gasteiger partial charge in [0.15, 0.2) is 17.9 Å². The van der Waals surface area contributed by atoms with E-state index in [0.717, 1.165) is 0 Å². The van der Waals surface area contributed by atoms with Gasteiger partial charge in [0.25, 0.3) is 0 Å². The number of aromatic nitrogens is 4. The van der Waals surface area contributed by atoms with Crippen molar-refractivity contribution in [2.75, 3.05) is 38.7 Å². The number of hydrogen-bond acceptors (Lipinski definition) is 10. The first-order valence-electron chi connectivity index (χ1n) is 13.3. The third kappa shape index (κ3) is 4.06. The molecule has 40 heavy (non-hydrogen) atoms. The number of aliphatic hydroxyl groups is 1. The standard InChI is InChI=1S/C26H28ClFN6O6/c1-11-9-38-22-14(18-15(27)7-29-25(32-18)30-17-5-13-10-39-24(40-13)21(17)35)6-16(28)19-20(22)34(11)23(31-19)12-3-4-33(8-12)26(36)37-2/h6-7,11-13,17,21,24,35H,3-5,8-10H2,1-2H3,(H,29,30,32)/t11-,12-,13+,17-,21+,24-/m1/s1. The van der Waals surface area contributed by atoms with Gasteiger partial charge in [-0.2, -0.15) is 0 Å². The van der Waals surface area contributed by atoms with Crippen molar-refractivity contribution >= 4 is 34.7 Å². The molecule has 2 bridgehead atoms. The molecule has 4 aliphatic rings. The van der Waals surface area contributed by atoms with Crippen molar-refractivity contribution in [3.8, 4) is 17.0 Å². The summed E-state index contributed by atoms with van der Waals surface area (Å²) in [6.45, 7) is 3.71. The minimum absolute atomic E-state index is 0.0774. The van der Waals surface area contributed by atoms with Crippen molar-refractivity contribution in [3.63, 3.8) is 0 Å². The number of methoxy groups -OCH3 is 1. The lowest BCUT2D eigenvalue weighted by Crippen LogP contribution is -2.48. The van der Waals surface area contributed by atoms with Gasteiger partial charge in [0.1, 0.15) is 29.6 Å². The smallest absolute Gasteiger partial charge is 0.409 e. The minimum atomic E-state index is -0.903. The second kappa shape index (κ2) is 9.68. The van der Waals surface area contributed by atoms with Gasteiger partial charge in [-0.25, -0.2) is 24.1 Å². The molecule has 1 amide bonds. The highest BCUT2D eigenvalue weighted by Crippen LogP contribution is 2.45. The summed E-state index contributed by atoms with van der Waals surface area (Å²) in [6, 6.07) is 0.828. The summed E-state index contributed by atoms with van der Waals surface area (Å²) in [5.74, 6) is 0.749. The zero-order chi connectivity index (χ0) is 27.7. The number of halogens is 2. The van der Waals surface area contributed by atoms with Gasteiger partial charge in [-0.05, 0) is 25.8 Å². The van der Waals surface area contributed by atoms with Gasteiger partial charge in [0.05, 0.1) is 48.8 Å². The van der Waals surface area contributed by atoms with E-state index in [4.69, 9.17) is 35.5 Å². The number of amides is 1. The number of nitrogens with one attached hydrogen (secondary N) is 1. The SMILES string of the molecule is COC(=O)N1CC[C@@H](c2nc3c(F)cc(-c4nc(N[C@@H]5C[C@H]6CO[C@H](O6)[C@H]5O)ncc4Cl)c4c3n2[C@H](C)CO4)C1. The third-order valence-corrected chi connectivity index (χ3v) is 8.36. The molecule has 0 saturated carbocycles. The van der Waals surface area contributed by atoms with E-state index < -0.39 is 24.3 Å². The second-order valence-electron chi connectivity index (χ2n) is 10.7. The number of benzene rings is 1. The summed E-state index contributed by atoms with van der Waals surface area (Å²) < 4.78 is 39.8. The van der Waals surface area contributed by atoms with Crippen molar-refractivity contribution in [2.45, 2.75) is 56.3 Å². The summed E-state index contributed by atoms with van der Waals surface area (Å²) in [7, 11) is 1.36. The molecule has 0 unspecified atom stereocenters. The third-order valence-electron chi connectivity index (χ3n) is 8.09. The van der Waals surface area contributed by atoms with Crippen LogP contribution < -0.4 is 10.1 Å². The molecule has 12 nitrogen and oxygen atoms in total. The fourth-order valence-corrected chi connectivity index (χ4v) is 6.34. The number of carbonyl (C=O) groups is 1. The second-order valence-corrected chi connectivity index (χ2v) is 11.1. The average molecular weight is 575 g/mol. The number of rotatable bonds is 4. The molecule has 0 radical (unpaired) electrons. The van der Waals surface area contributed by atoms with Gasteiger partial charge in [-0.3, -0.25) is 0 Å². The number of anilines is 1. The summed E-state index contributed by atoms with van der Waals surface area (Å²) in [5.41, 5.74) is 1.38. The number of ether oxygens (including phenoxy) is 4. The van der Waals surface area contributed by atoms with Crippen molar-refractivity contribution in [2.24, 2.45) is 0 Å². The Kier molecular flexibility index (Phi) is 6.22. The molecule has 4 aliphatic heterocycles. The predicted molar refractivity (Wildman–Crippen MR) is 140 cm³/mol. The average Bonchev–Trinajstić information content (AvgIpc) is 3.69. The van der Waals surface area contributed by atoms with Crippen molar-refractivity contribution in [1.29, 1.82) is 0 Å². The van der Waals surface area contributed by atoms with Gasteiger partial charge in [-0.1, -0.05) is 11.6 Å². The normalized spacial score (nSPS) is 29.1. The van der Waals surface area contributed by atoms with E-state index in [-0.39, 0.29) is 46.3 Å². The van der Waals surface area contributed by atoms with Crippen LogP contribution in [-0.4, -0.2) is 93.6 Å². The number of nitrogens with zero attached hydrogens (tertiary/aromatic N) is 5. The van der Waals surface area contributed by atoms with Crippen LogP contribution in [0.15, 0.2) is 12.3 Å². The Morgan fingerprint density at radius 1 is 1.32 bits per heavy atom. The van der Waals surface area contributed by atoms with E-state index in [1.807, 2.05) is 11.5 Å². The highest BCUT2D eigenvalue weighted by Gasteiger charge is 2.44. The molecule has 3 fully saturated rings. The summed E-state index contributed by atoms with van der Waals surface area (Å²) in [4.78, 5) is 27.3. The first-order valence-corrected chi connectivity index (χ1v) is 13.6. The Balaban J connectivity index is 1.28. The Morgan fingerprint density at radius 2 is 2.17 bits per heavy atom. The summed E-state index contributed by atoms with van der Waals surface area (Å²) >= 11 is 6.55. The molecule has 1 aromatic carbocycles. The molecule has 3 saturated heterocycles. The highest BCUT2D eigenvalue weighted by atomic mass is 35.5. The van der Waals surface area contributed by atoms with E-state index in [1.54, 1.807) is 4.90 Å². The van der Waals surface area contributed by atoms with Gasteiger partial charge >= 0.3 is 6.09 Å². The van der Waals surface area contributed by atoms with E-state index in [0.29, 0.717) is 61.8 Å². The lowest BCUT2D eigenvalue weighted by molar-refractivity contribution is -0.156. The summed E-state index contributed by atoms with van der Waals surface area (Å²) in [6.07, 6.45) is 0.525. The van der Waals surface area contributed by atoms with E-state index >= 15 is 4.39 Å². The summed E-state index contributed by atoms with van der Waals surface area (Å²) in [5, 5.41) is 14.0. The van der Waals surface area contributed by atoms with Crippen LogP contribution in [0, 0.1) is 5.82 Å². The van der Waals surface area contributed by atoms with Crippen molar-refractivity contribution < 1.29 is 33.2 Å². The monoisotopic (exact) mass is 574 g/mol. The van der Waals surface area contributed by atoms with Gasteiger partial charge in [0.2, 0.25) is 5.95 Å². The zero-order valence-electron chi connectivity index (χ0n) is 21.8. The Hall–Kier alpha value is -3.26. The van der Waals surface area contributed by atoms with Crippen LogP contribution in [-0.2, 0) is 14.2 Å². The van der Waals surface area contributed by atoms with Crippen LogP contribution in [0.3, 0.4) is 0 Å². The van der Waals surface area contributed by atoms with Gasteiger partial charge in [-0.15, -0.1) is 0 Å². The quantitative estimate of drug-likeness (QED) is 0.479. The molecule has 3 aromatic rings. The topological polar surface area (TPSA) is 133 Å². The van der Waals surface area contributed by atoms with Crippen LogP contribution in [0.1, 0.15) is 37.5 Å². The predicted octanol–water partition coefficient (Wildman–Crippen LogP) is 3.08. The molecule has 0 aliphatic carbocycles. The lowest BCUT2D eigenvalue weighted by atomic mass is 10.0. The zero-order valence-corrected chi connectivity index (χ0v) is 22.6. The lowest BCUT2D eigenvalue weighted by Gasteiger charge is -2.32. The van der Waals surface area contributed by atoms with E-state index in [2.05, 4.69) is 15.3 Å². The van der Waals surface area contributed by atoms with Crippen LogP contribution in [0.4, 0.5) is 15.1 Å². The Morgan fingerprint density at radius 3 is 3.00 bits per heavy atom. The fourth-order valence-electron chi connectivity index (χ4n) is 6.14. The first-order chi connectivity index (χ1) is 19.3. The molecular weight excluding hydrogens is 547 g/mol. The molecular formula is C26H28ClFN6O6. The molecule has 14 heteroatoms. The van der Waals surface area contributed by atoms with E-state index in [9.17, 15) is 9.90 Å². The fraction of sp³-hybridized carbons (Fsp3) is 0.538. The molecule has 6 heterocycles. The molecule has 2 N–H and O–H groups in total. The maximum atomic E-state index is 15.7. The van der Waals surface area contributed by atoms with Crippen LogP contribution in [0.2, 0.25) is 5.02 Å². The number of aliphatic hydroxyl groups excluding tert-OH is 1. The number of fused-ring (bicyclic) bond motifs is 2. The largest absolute Gasteiger partial charge is 0.488 e. The number of likely N-dealkylation sites (tertiary alicyclic amines) is 1. The molecule has 0 spiro atoms.